The van der Waals surface area contributed by atoms with E-state index in [-0.39, 0.29) is 0 Å². The summed E-state index contributed by atoms with van der Waals surface area (Å²) in [4.78, 5) is 5.41. The van der Waals surface area contributed by atoms with Crippen molar-refractivity contribution < 1.29 is 4.52 Å². The van der Waals surface area contributed by atoms with Crippen LogP contribution in [0.15, 0.2) is 39.8 Å². The van der Waals surface area contributed by atoms with Gasteiger partial charge in [-0.15, -0.1) is 11.8 Å². The second-order valence-corrected chi connectivity index (χ2v) is 4.20. The molecule has 1 aromatic carbocycles. The van der Waals surface area contributed by atoms with E-state index in [0.717, 1.165) is 12.3 Å². The Hall–Kier alpha value is -1.49. The average molecular weight is 235 g/mol. The highest BCUT2D eigenvalue weighted by Gasteiger charge is 2.04. The molecule has 0 saturated heterocycles. The molecular formula is C11H13N3OS. The van der Waals surface area contributed by atoms with Gasteiger partial charge in [0.1, 0.15) is 0 Å². The first-order chi connectivity index (χ1) is 7.88. The highest BCUT2D eigenvalue weighted by molar-refractivity contribution is 7.98. The van der Waals surface area contributed by atoms with Crippen molar-refractivity contribution in [2.24, 2.45) is 0 Å². The summed E-state index contributed by atoms with van der Waals surface area (Å²) in [5.41, 5.74) is 0. The summed E-state index contributed by atoms with van der Waals surface area (Å²) in [6.45, 7) is 2.77. The number of rotatable bonds is 5. The van der Waals surface area contributed by atoms with Gasteiger partial charge < -0.3 is 9.84 Å². The SMILES string of the molecule is CCNc1nc(CSc2ccccc2)no1. The normalized spacial score (nSPS) is 10.3. The Balaban J connectivity index is 1.89. The molecule has 0 radical (unpaired) electrons. The predicted octanol–water partition coefficient (Wildman–Crippen LogP) is 2.79. The van der Waals surface area contributed by atoms with E-state index in [1.165, 1.54) is 4.90 Å². The fourth-order valence-corrected chi connectivity index (χ4v) is 1.96. The first kappa shape index (κ1) is 11.0. The Morgan fingerprint density at radius 1 is 1.31 bits per heavy atom. The molecule has 0 unspecified atom stereocenters. The Morgan fingerprint density at radius 3 is 2.88 bits per heavy atom. The summed E-state index contributed by atoms with van der Waals surface area (Å²) in [7, 11) is 0. The second-order valence-electron chi connectivity index (χ2n) is 3.15. The topological polar surface area (TPSA) is 51.0 Å². The highest BCUT2D eigenvalue weighted by atomic mass is 32.2. The molecule has 1 N–H and O–H groups in total. The third-order valence-corrected chi connectivity index (χ3v) is 2.92. The Morgan fingerprint density at radius 2 is 2.12 bits per heavy atom. The zero-order chi connectivity index (χ0) is 11.2. The second kappa shape index (κ2) is 5.55. The van der Waals surface area contributed by atoms with E-state index in [9.17, 15) is 0 Å². The van der Waals surface area contributed by atoms with Crippen molar-refractivity contribution in [1.29, 1.82) is 0 Å². The van der Waals surface area contributed by atoms with Gasteiger partial charge in [-0.3, -0.25) is 0 Å². The molecule has 0 aliphatic heterocycles. The first-order valence-corrected chi connectivity index (χ1v) is 6.11. The highest BCUT2D eigenvalue weighted by Crippen LogP contribution is 2.21. The van der Waals surface area contributed by atoms with Crippen LogP contribution in [-0.2, 0) is 5.75 Å². The van der Waals surface area contributed by atoms with Crippen molar-refractivity contribution in [1.82, 2.24) is 10.1 Å². The lowest BCUT2D eigenvalue weighted by molar-refractivity contribution is 0.425. The fourth-order valence-electron chi connectivity index (χ4n) is 1.20. The van der Waals surface area contributed by atoms with Crippen molar-refractivity contribution >= 4 is 17.8 Å². The number of benzene rings is 1. The molecule has 0 atom stereocenters. The van der Waals surface area contributed by atoms with Gasteiger partial charge in [-0.2, -0.15) is 4.98 Å². The summed E-state index contributed by atoms with van der Waals surface area (Å²) >= 11 is 1.69. The fraction of sp³-hybridized carbons (Fsp3) is 0.273. The molecular weight excluding hydrogens is 222 g/mol. The van der Waals surface area contributed by atoms with Crippen molar-refractivity contribution in [2.45, 2.75) is 17.6 Å². The molecule has 0 fully saturated rings. The number of aromatic nitrogens is 2. The number of thioether (sulfide) groups is 1. The van der Waals surface area contributed by atoms with Crippen LogP contribution in [0, 0.1) is 0 Å². The third kappa shape index (κ3) is 3.00. The molecule has 0 spiro atoms. The maximum Gasteiger partial charge on any atom is 0.321 e. The van der Waals surface area contributed by atoms with Gasteiger partial charge in [0.15, 0.2) is 5.82 Å². The zero-order valence-corrected chi connectivity index (χ0v) is 9.83. The summed E-state index contributed by atoms with van der Waals surface area (Å²) in [5.74, 6) is 1.43. The molecule has 84 valence electrons. The number of hydrogen-bond acceptors (Lipinski definition) is 5. The molecule has 4 nitrogen and oxygen atoms in total. The largest absolute Gasteiger partial charge is 0.338 e. The summed E-state index contributed by atoms with van der Waals surface area (Å²) < 4.78 is 5.01. The van der Waals surface area contributed by atoms with E-state index < -0.39 is 0 Å². The zero-order valence-electron chi connectivity index (χ0n) is 9.01. The number of nitrogens with one attached hydrogen (secondary N) is 1. The van der Waals surface area contributed by atoms with Crippen LogP contribution in [0.1, 0.15) is 12.7 Å². The number of anilines is 1. The Kier molecular flexibility index (Phi) is 3.82. The van der Waals surface area contributed by atoms with Gasteiger partial charge in [0.2, 0.25) is 0 Å². The third-order valence-electron chi connectivity index (χ3n) is 1.91. The quantitative estimate of drug-likeness (QED) is 0.807. The molecule has 0 aliphatic carbocycles. The van der Waals surface area contributed by atoms with E-state index in [2.05, 4.69) is 27.6 Å². The smallest absolute Gasteiger partial charge is 0.321 e. The van der Waals surface area contributed by atoms with Crippen molar-refractivity contribution in [3.8, 4) is 0 Å². The Bertz CT molecular complexity index is 430. The minimum absolute atomic E-state index is 0.492. The minimum Gasteiger partial charge on any atom is -0.338 e. The van der Waals surface area contributed by atoms with Gasteiger partial charge in [-0.05, 0) is 19.1 Å². The van der Waals surface area contributed by atoms with Gasteiger partial charge in [0, 0.05) is 11.4 Å². The van der Waals surface area contributed by atoms with E-state index in [1.54, 1.807) is 11.8 Å². The van der Waals surface area contributed by atoms with Crippen LogP contribution < -0.4 is 5.32 Å². The first-order valence-electron chi connectivity index (χ1n) is 5.13. The molecule has 0 amide bonds. The van der Waals surface area contributed by atoms with Gasteiger partial charge in [-0.1, -0.05) is 23.4 Å². The van der Waals surface area contributed by atoms with Crippen LogP contribution in [0.5, 0.6) is 0 Å². The molecule has 5 heteroatoms. The number of hydrogen-bond donors (Lipinski definition) is 1. The van der Waals surface area contributed by atoms with E-state index >= 15 is 0 Å². The van der Waals surface area contributed by atoms with Crippen LogP contribution in [0.4, 0.5) is 6.01 Å². The number of nitrogens with zero attached hydrogens (tertiary/aromatic N) is 2. The lowest BCUT2D eigenvalue weighted by Crippen LogP contribution is -1.96. The van der Waals surface area contributed by atoms with Gasteiger partial charge in [0.05, 0.1) is 5.75 Å². The van der Waals surface area contributed by atoms with E-state index in [0.29, 0.717) is 11.8 Å². The molecule has 1 aromatic heterocycles. The van der Waals surface area contributed by atoms with Crippen molar-refractivity contribution in [3.63, 3.8) is 0 Å². The molecule has 1 heterocycles. The molecule has 16 heavy (non-hydrogen) atoms. The summed E-state index contributed by atoms with van der Waals surface area (Å²) in [6, 6.07) is 10.7. The average Bonchev–Trinajstić information content (AvgIpc) is 2.76. The molecule has 0 aliphatic rings. The molecule has 2 aromatic rings. The van der Waals surface area contributed by atoms with Crippen LogP contribution in [0.25, 0.3) is 0 Å². The van der Waals surface area contributed by atoms with E-state index in [1.807, 2.05) is 25.1 Å². The van der Waals surface area contributed by atoms with Crippen LogP contribution in [0.3, 0.4) is 0 Å². The van der Waals surface area contributed by atoms with Crippen LogP contribution in [0.2, 0.25) is 0 Å². The standard InChI is InChI=1S/C11H13N3OS/c1-2-12-11-13-10(14-15-11)8-16-9-6-4-3-5-7-9/h3-7H,2,8H2,1H3,(H,12,13,14). The van der Waals surface area contributed by atoms with Gasteiger partial charge >= 0.3 is 6.01 Å². The molecule has 2 rings (SSSR count). The van der Waals surface area contributed by atoms with Crippen molar-refractivity contribution in [2.75, 3.05) is 11.9 Å². The summed E-state index contributed by atoms with van der Waals surface area (Å²) in [5, 5.41) is 6.86. The van der Waals surface area contributed by atoms with Gasteiger partial charge in [-0.25, -0.2) is 0 Å². The van der Waals surface area contributed by atoms with Gasteiger partial charge in [0.25, 0.3) is 0 Å². The molecule has 0 saturated carbocycles. The predicted molar refractivity (Wildman–Crippen MR) is 64.5 cm³/mol. The minimum atomic E-state index is 0.492. The van der Waals surface area contributed by atoms with Crippen LogP contribution >= 0.6 is 11.8 Å². The van der Waals surface area contributed by atoms with E-state index in [4.69, 9.17) is 4.52 Å². The summed E-state index contributed by atoms with van der Waals surface area (Å²) in [6.07, 6.45) is 0. The lowest BCUT2D eigenvalue weighted by atomic mass is 10.4. The molecule has 0 bridgehead atoms. The maximum atomic E-state index is 5.01. The monoisotopic (exact) mass is 235 g/mol. The van der Waals surface area contributed by atoms with Crippen LogP contribution in [-0.4, -0.2) is 16.7 Å². The van der Waals surface area contributed by atoms with Crippen molar-refractivity contribution in [3.05, 3.63) is 36.2 Å². The lowest BCUT2D eigenvalue weighted by Gasteiger charge is -1.96. The maximum absolute atomic E-state index is 5.01. The Labute approximate surface area is 98.4 Å².